The van der Waals surface area contributed by atoms with Crippen molar-refractivity contribution in [1.82, 2.24) is 14.5 Å². The van der Waals surface area contributed by atoms with Crippen LogP contribution in [0.2, 0.25) is 0 Å². The number of carboxylic acids is 1. The van der Waals surface area contributed by atoms with Crippen molar-refractivity contribution in [2.75, 3.05) is 20.2 Å². The number of benzene rings is 3. The van der Waals surface area contributed by atoms with Gasteiger partial charge in [0.2, 0.25) is 5.91 Å². The largest absolute Gasteiger partial charge is 0.858 e. The second-order valence-electron chi connectivity index (χ2n) is 9.00. The van der Waals surface area contributed by atoms with Crippen LogP contribution in [0.5, 0.6) is 11.6 Å². The Balaban J connectivity index is 1.77. The number of carbonyl (C=O) groups excluding carboxylic acids is 1. The van der Waals surface area contributed by atoms with Crippen LogP contribution in [-0.4, -0.2) is 51.6 Å². The van der Waals surface area contributed by atoms with Crippen molar-refractivity contribution in [2.24, 2.45) is 0 Å². The fourth-order valence-corrected chi connectivity index (χ4v) is 4.79. The Hall–Kier alpha value is -4.92. The van der Waals surface area contributed by atoms with E-state index >= 15 is 0 Å². The van der Waals surface area contributed by atoms with E-state index in [1.54, 1.807) is 7.11 Å². The summed E-state index contributed by atoms with van der Waals surface area (Å²) in [6, 6.07) is 28.4. The van der Waals surface area contributed by atoms with E-state index in [2.05, 4.69) is 4.98 Å². The zero-order valence-electron chi connectivity index (χ0n) is 21.4. The summed E-state index contributed by atoms with van der Waals surface area (Å²) < 4.78 is 6.36. The summed E-state index contributed by atoms with van der Waals surface area (Å²) >= 11 is 0. The third kappa shape index (κ3) is 6.15. The molecule has 1 N–H and O–H groups in total. The topological polar surface area (TPSA) is 125 Å². The Morgan fingerprint density at radius 2 is 1.49 bits per heavy atom. The van der Waals surface area contributed by atoms with Gasteiger partial charge in [0.1, 0.15) is 18.8 Å². The number of aliphatic carboxylic acids is 1. The number of amides is 1. The van der Waals surface area contributed by atoms with Crippen LogP contribution in [0.15, 0.2) is 102 Å². The van der Waals surface area contributed by atoms with Gasteiger partial charge in [-0.25, -0.2) is 9.78 Å². The predicted octanol–water partition coefficient (Wildman–Crippen LogP) is 2.66. The Bertz CT molecular complexity index is 1430. The highest BCUT2D eigenvalue weighted by Crippen LogP contribution is 2.42. The van der Waals surface area contributed by atoms with Gasteiger partial charge in [0.05, 0.1) is 7.11 Å². The molecule has 0 atom stereocenters. The lowest BCUT2D eigenvalue weighted by molar-refractivity contribution is -0.275. The van der Waals surface area contributed by atoms with E-state index in [9.17, 15) is 24.6 Å². The summed E-state index contributed by atoms with van der Waals surface area (Å²) in [4.78, 5) is 41.7. The van der Waals surface area contributed by atoms with Crippen molar-refractivity contribution in [1.29, 1.82) is 0 Å². The molecule has 0 aliphatic heterocycles. The number of nitrogens with zero attached hydrogens (tertiary/aromatic N) is 3. The molecule has 4 aromatic rings. The number of hydrogen-bond donors (Lipinski definition) is 1. The quantitative estimate of drug-likeness (QED) is 0.298. The van der Waals surface area contributed by atoms with Crippen LogP contribution in [0.1, 0.15) is 23.1 Å². The fourth-order valence-electron chi connectivity index (χ4n) is 4.79. The lowest BCUT2D eigenvalue weighted by Gasteiger charge is -2.38. The molecule has 0 fully saturated rings. The molecule has 0 saturated carbocycles. The van der Waals surface area contributed by atoms with Crippen LogP contribution in [0.3, 0.4) is 0 Å². The molecule has 0 saturated heterocycles. The molecule has 1 aromatic heterocycles. The third-order valence-corrected chi connectivity index (χ3v) is 6.71. The molecule has 0 bridgehead atoms. The highest BCUT2D eigenvalue weighted by Gasteiger charge is 2.37. The van der Waals surface area contributed by atoms with Crippen molar-refractivity contribution >= 4 is 11.9 Å². The van der Waals surface area contributed by atoms with Gasteiger partial charge in [0.15, 0.2) is 0 Å². The first-order valence-electron chi connectivity index (χ1n) is 12.3. The predicted molar refractivity (Wildman–Crippen MR) is 143 cm³/mol. The van der Waals surface area contributed by atoms with Gasteiger partial charge in [-0.2, -0.15) is 0 Å². The fraction of sp³-hybridized carbons (Fsp3) is 0.200. The minimum absolute atomic E-state index is 0.0722. The minimum atomic E-state index is -1.18. The normalized spacial score (nSPS) is 11.1. The van der Waals surface area contributed by atoms with Crippen LogP contribution in [0.4, 0.5) is 0 Å². The van der Waals surface area contributed by atoms with E-state index in [0.29, 0.717) is 12.2 Å². The molecule has 200 valence electrons. The van der Waals surface area contributed by atoms with Gasteiger partial charge in [0.25, 0.3) is 0 Å². The van der Waals surface area contributed by atoms with Gasteiger partial charge in [-0.05, 0) is 47.2 Å². The maximum Gasteiger partial charge on any atom is 0.347 e. The third-order valence-electron chi connectivity index (χ3n) is 6.71. The number of aromatic nitrogens is 2. The number of carbonyl (C=O) groups is 2. The molecular formula is C30H28N3O6-. The second kappa shape index (κ2) is 12.1. The molecule has 9 heteroatoms. The Labute approximate surface area is 225 Å². The molecule has 4 rings (SSSR count). The summed E-state index contributed by atoms with van der Waals surface area (Å²) in [5.74, 6) is -1.77. The highest BCUT2D eigenvalue weighted by atomic mass is 16.5. The maximum absolute atomic E-state index is 13.3. The van der Waals surface area contributed by atoms with Gasteiger partial charge in [-0.1, -0.05) is 72.8 Å². The minimum Gasteiger partial charge on any atom is -0.858 e. The first-order valence-corrected chi connectivity index (χ1v) is 12.3. The Morgan fingerprint density at radius 1 is 0.923 bits per heavy atom. The molecule has 3 aromatic carbocycles. The molecule has 1 amide bonds. The number of hydrogen-bond acceptors (Lipinski definition) is 6. The van der Waals surface area contributed by atoms with Gasteiger partial charge in [-0.15, -0.1) is 0 Å². The van der Waals surface area contributed by atoms with Gasteiger partial charge >= 0.3 is 11.7 Å². The van der Waals surface area contributed by atoms with Crippen LogP contribution in [-0.2, 0) is 21.5 Å². The number of carboxylic acid groups (broad SMARTS) is 1. The van der Waals surface area contributed by atoms with Crippen LogP contribution in [0, 0.1) is 0 Å². The molecule has 1 heterocycles. The second-order valence-corrected chi connectivity index (χ2v) is 9.00. The van der Waals surface area contributed by atoms with E-state index in [0.717, 1.165) is 27.3 Å². The molecule has 0 unspecified atom stereocenters. The number of ether oxygens (including phenoxy) is 1. The van der Waals surface area contributed by atoms with Crippen molar-refractivity contribution in [3.05, 3.63) is 124 Å². The van der Waals surface area contributed by atoms with E-state index in [4.69, 9.17) is 4.74 Å². The van der Waals surface area contributed by atoms with Crippen molar-refractivity contribution < 1.29 is 24.5 Å². The Kier molecular flexibility index (Phi) is 8.40. The zero-order valence-corrected chi connectivity index (χ0v) is 21.4. The van der Waals surface area contributed by atoms with Crippen molar-refractivity contribution in [2.45, 2.75) is 18.4 Å². The van der Waals surface area contributed by atoms with E-state index in [1.807, 2.05) is 84.9 Å². The maximum atomic E-state index is 13.3. The summed E-state index contributed by atoms with van der Waals surface area (Å²) in [7, 11) is 1.59. The van der Waals surface area contributed by atoms with Crippen LogP contribution in [0.25, 0.3) is 0 Å². The standard InChI is InChI=1S/C30H29N3O6/c1-39-25-14-12-24(13-15-25)30(22-8-4-2-5-9-22,23-10-6-3-7-11-23)17-19-32(21-28(36)37)27(35)20-33-18-16-26(34)31-29(33)38/h2-16,18H,17,19-21H2,1H3,(H,36,37)(H,31,34,38)/p-1. The van der Waals surface area contributed by atoms with Gasteiger partial charge in [0, 0.05) is 18.2 Å². The smallest absolute Gasteiger partial charge is 0.347 e. The highest BCUT2D eigenvalue weighted by molar-refractivity contribution is 5.81. The molecule has 0 spiro atoms. The summed E-state index contributed by atoms with van der Waals surface area (Å²) in [5.41, 5.74) is 1.27. The first kappa shape index (κ1) is 27.1. The van der Waals surface area contributed by atoms with E-state index in [-0.39, 0.29) is 6.54 Å². The van der Waals surface area contributed by atoms with Crippen molar-refractivity contribution in [3.8, 4) is 11.6 Å². The molecule has 9 nitrogen and oxygen atoms in total. The zero-order chi connectivity index (χ0) is 27.8. The molecular weight excluding hydrogens is 498 g/mol. The van der Waals surface area contributed by atoms with Crippen LogP contribution >= 0.6 is 0 Å². The van der Waals surface area contributed by atoms with E-state index in [1.165, 1.54) is 11.1 Å². The van der Waals surface area contributed by atoms with Crippen LogP contribution < -0.4 is 15.5 Å². The van der Waals surface area contributed by atoms with Crippen molar-refractivity contribution in [3.63, 3.8) is 0 Å². The number of methoxy groups -OCH3 is 1. The first-order chi connectivity index (χ1) is 18.8. The average molecular weight is 527 g/mol. The molecule has 39 heavy (non-hydrogen) atoms. The summed E-state index contributed by atoms with van der Waals surface area (Å²) in [5, 5.41) is 21.0. The average Bonchev–Trinajstić information content (AvgIpc) is 2.95. The van der Waals surface area contributed by atoms with E-state index < -0.39 is 42.0 Å². The van der Waals surface area contributed by atoms with Gasteiger partial charge < -0.3 is 19.8 Å². The lowest BCUT2D eigenvalue weighted by Crippen LogP contribution is -2.43. The molecule has 0 radical (unpaired) electrons. The summed E-state index contributed by atoms with van der Waals surface area (Å²) in [6.07, 6.45) is 1.53. The molecule has 0 aliphatic rings. The number of rotatable bonds is 11. The monoisotopic (exact) mass is 526 g/mol. The molecule has 0 aliphatic carbocycles. The lowest BCUT2D eigenvalue weighted by atomic mass is 9.67. The summed E-state index contributed by atoms with van der Waals surface area (Å²) in [6.45, 7) is -0.919. The van der Waals surface area contributed by atoms with Gasteiger partial charge in [-0.3, -0.25) is 14.2 Å². The Morgan fingerprint density at radius 3 is 2.00 bits per heavy atom. The SMILES string of the molecule is COc1ccc(C(CCN(CC(=O)O)C(=O)Cn2ccc([O-])nc2=O)(c2ccccc2)c2ccccc2)cc1.